The molecule has 0 unspecified atom stereocenters. The van der Waals surface area contributed by atoms with Crippen molar-refractivity contribution in [3.05, 3.63) is 44.6 Å². The van der Waals surface area contributed by atoms with Crippen molar-refractivity contribution >= 4 is 29.2 Å². The molecule has 0 saturated carbocycles. The molecular weight excluding hydrogens is 358 g/mol. The van der Waals surface area contributed by atoms with Crippen LogP contribution >= 0.6 is 12.4 Å². The van der Waals surface area contributed by atoms with Crippen LogP contribution in [0, 0.1) is 0 Å². The van der Waals surface area contributed by atoms with Crippen LogP contribution in [0.3, 0.4) is 0 Å². The fourth-order valence-electron chi connectivity index (χ4n) is 3.05. The summed E-state index contributed by atoms with van der Waals surface area (Å²) >= 11 is 0. The molecule has 0 radical (unpaired) electrons. The highest BCUT2D eigenvalue weighted by molar-refractivity contribution is 5.97. The molecule has 0 spiro atoms. The van der Waals surface area contributed by atoms with Gasteiger partial charge in [-0.2, -0.15) is 0 Å². The number of fused-ring (bicyclic) bond motifs is 1. The van der Waals surface area contributed by atoms with Crippen LogP contribution in [-0.2, 0) is 6.54 Å². The van der Waals surface area contributed by atoms with Gasteiger partial charge in [-0.25, -0.2) is 4.79 Å². The number of hydrogen-bond donors (Lipinski definition) is 3. The molecule has 0 bridgehead atoms. The van der Waals surface area contributed by atoms with Crippen LogP contribution in [-0.4, -0.2) is 59.6 Å². The van der Waals surface area contributed by atoms with Crippen LogP contribution in [0.2, 0.25) is 0 Å². The molecule has 3 N–H and O–H groups in total. The lowest BCUT2D eigenvalue weighted by molar-refractivity contribution is 0.0947. The zero-order chi connectivity index (χ0) is 17.8. The Balaban J connectivity index is 0.00000243. The molecule has 142 valence electrons. The summed E-state index contributed by atoms with van der Waals surface area (Å²) in [6.45, 7) is 7.32. The van der Waals surface area contributed by atoms with Gasteiger partial charge in [-0.15, -0.1) is 12.4 Å². The molecule has 1 amide bonds. The monoisotopic (exact) mass is 381 g/mol. The molecular formula is C17H24ClN5O3. The van der Waals surface area contributed by atoms with Crippen molar-refractivity contribution in [1.82, 2.24) is 25.1 Å². The molecule has 1 saturated heterocycles. The first kappa shape index (κ1) is 20.2. The van der Waals surface area contributed by atoms with Crippen LogP contribution < -0.4 is 21.9 Å². The second-order valence-electron chi connectivity index (χ2n) is 6.09. The summed E-state index contributed by atoms with van der Waals surface area (Å²) in [6.07, 6.45) is 0. The van der Waals surface area contributed by atoms with Crippen LogP contribution in [0.5, 0.6) is 0 Å². The number of piperazine rings is 1. The summed E-state index contributed by atoms with van der Waals surface area (Å²) in [5.74, 6) is -0.211. The van der Waals surface area contributed by atoms with Crippen molar-refractivity contribution in [3.8, 4) is 0 Å². The van der Waals surface area contributed by atoms with Gasteiger partial charge in [0, 0.05) is 51.4 Å². The second kappa shape index (κ2) is 8.98. The predicted octanol–water partition coefficient (Wildman–Crippen LogP) is -0.233. The third-order valence-corrected chi connectivity index (χ3v) is 4.48. The highest BCUT2D eigenvalue weighted by Crippen LogP contribution is 2.09. The van der Waals surface area contributed by atoms with E-state index in [2.05, 4.69) is 20.5 Å². The van der Waals surface area contributed by atoms with Crippen LogP contribution in [0.1, 0.15) is 17.3 Å². The fraction of sp³-hybridized carbons (Fsp3) is 0.471. The molecule has 0 aliphatic carbocycles. The highest BCUT2D eigenvalue weighted by Gasteiger charge is 2.12. The van der Waals surface area contributed by atoms with Gasteiger partial charge in [-0.05, 0) is 25.1 Å². The van der Waals surface area contributed by atoms with Crippen molar-refractivity contribution in [2.24, 2.45) is 0 Å². The standard InChI is InChI=1S/C17H23N5O3.ClH/c1-2-22-16(24)13-4-3-12(11-14(13)20-17(22)25)15(23)19-7-10-21-8-5-18-6-9-21;/h3-4,11,18H,2,5-10H2,1H3,(H,19,23)(H,20,25);1H. The largest absolute Gasteiger partial charge is 0.351 e. The van der Waals surface area contributed by atoms with Crippen molar-refractivity contribution in [2.45, 2.75) is 13.5 Å². The Hall–Kier alpha value is -2.16. The Bertz CT molecular complexity index is 886. The minimum Gasteiger partial charge on any atom is -0.351 e. The van der Waals surface area contributed by atoms with E-state index in [9.17, 15) is 14.4 Å². The molecule has 1 aromatic heterocycles. The number of rotatable bonds is 5. The smallest absolute Gasteiger partial charge is 0.328 e. The van der Waals surface area contributed by atoms with E-state index in [1.807, 2.05) is 0 Å². The number of H-pyrrole nitrogens is 1. The Morgan fingerprint density at radius 2 is 1.96 bits per heavy atom. The minimum atomic E-state index is -0.462. The lowest BCUT2D eigenvalue weighted by atomic mass is 10.1. The molecule has 9 heteroatoms. The van der Waals surface area contributed by atoms with Crippen molar-refractivity contribution in [1.29, 1.82) is 0 Å². The number of halogens is 1. The number of nitrogens with zero attached hydrogens (tertiary/aromatic N) is 2. The van der Waals surface area contributed by atoms with E-state index < -0.39 is 5.69 Å². The fourth-order valence-corrected chi connectivity index (χ4v) is 3.05. The first-order chi connectivity index (χ1) is 12.1. The molecule has 2 heterocycles. The molecule has 26 heavy (non-hydrogen) atoms. The molecule has 1 aromatic carbocycles. The van der Waals surface area contributed by atoms with E-state index in [0.29, 0.717) is 29.6 Å². The number of amides is 1. The average molecular weight is 382 g/mol. The maximum Gasteiger partial charge on any atom is 0.328 e. The number of aromatic amines is 1. The normalized spacial score (nSPS) is 14.8. The lowest BCUT2D eigenvalue weighted by Gasteiger charge is -2.27. The number of carbonyl (C=O) groups excluding carboxylic acids is 1. The Morgan fingerprint density at radius 1 is 1.23 bits per heavy atom. The number of benzene rings is 1. The van der Waals surface area contributed by atoms with Crippen LogP contribution in [0.4, 0.5) is 0 Å². The van der Waals surface area contributed by atoms with Gasteiger partial charge in [0.15, 0.2) is 0 Å². The van der Waals surface area contributed by atoms with Gasteiger partial charge in [-0.1, -0.05) is 0 Å². The van der Waals surface area contributed by atoms with Gasteiger partial charge in [0.25, 0.3) is 11.5 Å². The van der Waals surface area contributed by atoms with Gasteiger partial charge < -0.3 is 15.6 Å². The predicted molar refractivity (Wildman–Crippen MR) is 103 cm³/mol. The quantitative estimate of drug-likeness (QED) is 0.664. The number of nitrogens with one attached hydrogen (secondary N) is 3. The van der Waals surface area contributed by atoms with Gasteiger partial charge in [0.05, 0.1) is 10.9 Å². The summed E-state index contributed by atoms with van der Waals surface area (Å²) in [4.78, 5) is 41.4. The van der Waals surface area contributed by atoms with Crippen molar-refractivity contribution in [3.63, 3.8) is 0 Å². The Kier molecular flexibility index (Phi) is 6.96. The van der Waals surface area contributed by atoms with E-state index in [4.69, 9.17) is 0 Å². The molecule has 1 fully saturated rings. The summed E-state index contributed by atoms with van der Waals surface area (Å²) in [5.41, 5.74) is 0.00902. The molecule has 8 nitrogen and oxygen atoms in total. The molecule has 3 rings (SSSR count). The van der Waals surface area contributed by atoms with Gasteiger partial charge in [-0.3, -0.25) is 19.1 Å². The van der Waals surface area contributed by atoms with E-state index in [1.54, 1.807) is 25.1 Å². The SMILES string of the molecule is CCn1c(=O)[nH]c2cc(C(=O)NCCN3CCNCC3)ccc2c1=O.Cl. The summed E-state index contributed by atoms with van der Waals surface area (Å²) in [5, 5.41) is 6.58. The van der Waals surface area contributed by atoms with Gasteiger partial charge in [0.1, 0.15) is 0 Å². The van der Waals surface area contributed by atoms with Gasteiger partial charge >= 0.3 is 5.69 Å². The average Bonchev–Trinajstić information content (AvgIpc) is 2.62. The van der Waals surface area contributed by atoms with E-state index in [-0.39, 0.29) is 23.9 Å². The van der Waals surface area contributed by atoms with Crippen molar-refractivity contribution < 1.29 is 4.79 Å². The number of hydrogen-bond acceptors (Lipinski definition) is 5. The van der Waals surface area contributed by atoms with E-state index in [0.717, 1.165) is 37.3 Å². The minimum absolute atomic E-state index is 0. The molecule has 2 aromatic rings. The summed E-state index contributed by atoms with van der Waals surface area (Å²) in [7, 11) is 0. The third-order valence-electron chi connectivity index (χ3n) is 4.48. The van der Waals surface area contributed by atoms with E-state index >= 15 is 0 Å². The molecule has 1 aliphatic rings. The van der Waals surface area contributed by atoms with E-state index in [1.165, 1.54) is 0 Å². The Labute approximate surface area is 157 Å². The summed E-state index contributed by atoms with van der Waals surface area (Å²) < 4.78 is 1.13. The Morgan fingerprint density at radius 3 is 2.65 bits per heavy atom. The number of carbonyl (C=O) groups is 1. The zero-order valence-electron chi connectivity index (χ0n) is 14.7. The highest BCUT2D eigenvalue weighted by atomic mass is 35.5. The summed E-state index contributed by atoms with van der Waals surface area (Å²) in [6, 6.07) is 4.76. The topological polar surface area (TPSA) is 99.2 Å². The van der Waals surface area contributed by atoms with Crippen LogP contribution in [0.15, 0.2) is 27.8 Å². The maximum atomic E-state index is 12.3. The lowest BCUT2D eigenvalue weighted by Crippen LogP contribution is -2.46. The number of aromatic nitrogens is 2. The molecule has 0 atom stereocenters. The zero-order valence-corrected chi connectivity index (χ0v) is 15.5. The van der Waals surface area contributed by atoms with Crippen molar-refractivity contribution in [2.75, 3.05) is 39.3 Å². The second-order valence-corrected chi connectivity index (χ2v) is 6.09. The first-order valence-corrected chi connectivity index (χ1v) is 8.58. The third kappa shape index (κ3) is 4.32. The molecule has 1 aliphatic heterocycles. The first-order valence-electron chi connectivity index (χ1n) is 8.58. The maximum absolute atomic E-state index is 12.3. The van der Waals surface area contributed by atoms with Crippen LogP contribution in [0.25, 0.3) is 10.9 Å². The van der Waals surface area contributed by atoms with Gasteiger partial charge in [0.2, 0.25) is 0 Å².